The van der Waals surface area contributed by atoms with E-state index in [0.717, 1.165) is 31.2 Å². The van der Waals surface area contributed by atoms with Crippen LogP contribution in [0.5, 0.6) is 5.75 Å². The van der Waals surface area contributed by atoms with Crippen molar-refractivity contribution in [3.63, 3.8) is 0 Å². The minimum absolute atomic E-state index is 0.151. The fourth-order valence-corrected chi connectivity index (χ4v) is 4.98. The number of aryl methyl sites for hydroxylation is 1. The molecule has 7 nitrogen and oxygen atoms in total. The SMILES string of the molecule is COc1ccc(-c2nnc(SCC(=O)N/N=C\c3ccc(Br)s3)n2-c2ccc(C)cc2)cc1. The van der Waals surface area contributed by atoms with E-state index in [-0.39, 0.29) is 11.7 Å². The first-order chi connectivity index (χ1) is 16.0. The molecule has 33 heavy (non-hydrogen) atoms. The van der Waals surface area contributed by atoms with E-state index >= 15 is 0 Å². The summed E-state index contributed by atoms with van der Waals surface area (Å²) in [5, 5.41) is 13.4. The number of nitrogens with zero attached hydrogens (tertiary/aromatic N) is 4. The number of thioether (sulfide) groups is 1. The maximum Gasteiger partial charge on any atom is 0.250 e. The number of benzene rings is 2. The summed E-state index contributed by atoms with van der Waals surface area (Å²) in [6.07, 6.45) is 1.62. The lowest BCUT2D eigenvalue weighted by Gasteiger charge is -2.11. The molecule has 1 N–H and O–H groups in total. The Bertz CT molecular complexity index is 1270. The number of methoxy groups -OCH3 is 1. The molecule has 0 aliphatic carbocycles. The highest BCUT2D eigenvalue weighted by Gasteiger charge is 2.17. The zero-order valence-electron chi connectivity index (χ0n) is 17.9. The minimum Gasteiger partial charge on any atom is -0.497 e. The summed E-state index contributed by atoms with van der Waals surface area (Å²) >= 11 is 6.24. The van der Waals surface area contributed by atoms with E-state index in [1.54, 1.807) is 13.3 Å². The molecule has 168 valence electrons. The monoisotopic (exact) mass is 541 g/mol. The molecule has 0 fully saturated rings. The molecule has 10 heteroatoms. The number of amides is 1. The maximum absolute atomic E-state index is 12.3. The molecule has 0 aliphatic rings. The molecule has 0 spiro atoms. The van der Waals surface area contributed by atoms with Crippen LogP contribution in [0.1, 0.15) is 10.4 Å². The van der Waals surface area contributed by atoms with Crippen molar-refractivity contribution in [1.29, 1.82) is 0 Å². The molecular formula is C23H20BrN5O2S2. The minimum atomic E-state index is -0.226. The summed E-state index contributed by atoms with van der Waals surface area (Å²) in [4.78, 5) is 13.3. The number of hydrazone groups is 1. The van der Waals surface area contributed by atoms with E-state index in [1.807, 2.05) is 72.2 Å². The van der Waals surface area contributed by atoms with Gasteiger partial charge in [-0.2, -0.15) is 5.10 Å². The van der Waals surface area contributed by atoms with Crippen LogP contribution in [-0.4, -0.2) is 39.7 Å². The standard InChI is InChI=1S/C23H20BrN5O2S2/c1-15-3-7-17(8-4-15)29-22(16-5-9-18(31-2)10-6-16)27-28-23(29)32-14-21(30)26-25-13-19-11-12-20(24)33-19/h3-13H,14H2,1-2H3,(H,26,30)/b25-13-. The van der Waals surface area contributed by atoms with Gasteiger partial charge in [0.15, 0.2) is 11.0 Å². The molecule has 0 bridgehead atoms. The second-order valence-corrected chi connectivity index (χ2v) is 10.4. The highest BCUT2D eigenvalue weighted by atomic mass is 79.9. The van der Waals surface area contributed by atoms with Gasteiger partial charge in [-0.25, -0.2) is 5.43 Å². The van der Waals surface area contributed by atoms with Crippen molar-refractivity contribution in [3.05, 3.63) is 74.9 Å². The summed E-state index contributed by atoms with van der Waals surface area (Å²) in [6.45, 7) is 2.04. The van der Waals surface area contributed by atoms with Gasteiger partial charge in [-0.3, -0.25) is 9.36 Å². The zero-order valence-corrected chi connectivity index (χ0v) is 21.1. The average Bonchev–Trinajstić information content (AvgIpc) is 3.44. The Hall–Kier alpha value is -2.95. The first kappa shape index (κ1) is 23.2. The van der Waals surface area contributed by atoms with Gasteiger partial charge in [0, 0.05) is 16.1 Å². The molecule has 1 amide bonds. The molecule has 0 unspecified atom stereocenters. The van der Waals surface area contributed by atoms with Gasteiger partial charge in [-0.15, -0.1) is 21.5 Å². The first-order valence-corrected chi connectivity index (χ1v) is 12.5. The normalized spacial score (nSPS) is 11.1. The fourth-order valence-electron chi connectivity index (χ4n) is 2.94. The van der Waals surface area contributed by atoms with Gasteiger partial charge in [0.2, 0.25) is 0 Å². The molecule has 2 aromatic carbocycles. The third-order valence-electron chi connectivity index (χ3n) is 4.58. The summed E-state index contributed by atoms with van der Waals surface area (Å²) in [7, 11) is 1.63. The van der Waals surface area contributed by atoms with Crippen LogP contribution in [-0.2, 0) is 4.79 Å². The van der Waals surface area contributed by atoms with Gasteiger partial charge in [0.25, 0.3) is 5.91 Å². The Kier molecular flexibility index (Phi) is 7.58. The number of hydrogen-bond donors (Lipinski definition) is 1. The van der Waals surface area contributed by atoms with Crippen molar-refractivity contribution < 1.29 is 9.53 Å². The van der Waals surface area contributed by atoms with Gasteiger partial charge in [0.05, 0.1) is 22.9 Å². The molecule has 0 radical (unpaired) electrons. The lowest BCUT2D eigenvalue weighted by Crippen LogP contribution is -2.19. The van der Waals surface area contributed by atoms with Crippen LogP contribution >= 0.6 is 39.0 Å². The second kappa shape index (κ2) is 10.8. The van der Waals surface area contributed by atoms with Crippen molar-refractivity contribution in [1.82, 2.24) is 20.2 Å². The number of nitrogens with one attached hydrogen (secondary N) is 1. The molecule has 0 atom stereocenters. The molecule has 4 rings (SSSR count). The summed E-state index contributed by atoms with van der Waals surface area (Å²) < 4.78 is 8.22. The van der Waals surface area contributed by atoms with Crippen molar-refractivity contribution in [2.24, 2.45) is 5.10 Å². The zero-order chi connectivity index (χ0) is 23.2. The molecule has 2 aromatic heterocycles. The van der Waals surface area contributed by atoms with E-state index in [0.29, 0.717) is 11.0 Å². The predicted octanol–water partition coefficient (Wildman–Crippen LogP) is 5.32. The Morgan fingerprint density at radius 2 is 1.91 bits per heavy atom. The number of ether oxygens (including phenoxy) is 1. The first-order valence-electron chi connectivity index (χ1n) is 9.90. The molecule has 0 saturated carbocycles. The van der Waals surface area contributed by atoms with Crippen molar-refractivity contribution in [2.45, 2.75) is 12.1 Å². The Morgan fingerprint density at radius 3 is 2.58 bits per heavy atom. The topological polar surface area (TPSA) is 81.4 Å². The summed E-state index contributed by atoms with van der Waals surface area (Å²) in [6, 6.07) is 19.6. The van der Waals surface area contributed by atoms with Crippen molar-refractivity contribution in [3.8, 4) is 22.8 Å². The highest BCUT2D eigenvalue weighted by molar-refractivity contribution is 9.11. The Balaban J connectivity index is 1.53. The van der Waals surface area contributed by atoms with Crippen LogP contribution in [0.15, 0.2) is 74.7 Å². The lowest BCUT2D eigenvalue weighted by atomic mass is 10.2. The lowest BCUT2D eigenvalue weighted by molar-refractivity contribution is -0.118. The van der Waals surface area contributed by atoms with Crippen LogP contribution in [0.25, 0.3) is 17.1 Å². The number of hydrogen-bond acceptors (Lipinski definition) is 7. The van der Waals surface area contributed by atoms with Gasteiger partial charge in [0.1, 0.15) is 5.75 Å². The highest BCUT2D eigenvalue weighted by Crippen LogP contribution is 2.29. The molecule has 4 aromatic rings. The van der Waals surface area contributed by atoms with E-state index in [2.05, 4.69) is 36.7 Å². The van der Waals surface area contributed by atoms with Crippen molar-refractivity contribution >= 4 is 51.2 Å². The van der Waals surface area contributed by atoms with E-state index < -0.39 is 0 Å². The average molecular weight is 542 g/mol. The number of thiophene rings is 1. The van der Waals surface area contributed by atoms with Gasteiger partial charge in [-0.05, 0) is 71.4 Å². The maximum atomic E-state index is 12.3. The number of rotatable bonds is 8. The molecular weight excluding hydrogens is 522 g/mol. The quantitative estimate of drug-likeness (QED) is 0.185. The third-order valence-corrected chi connectivity index (χ3v) is 7.07. The van der Waals surface area contributed by atoms with Gasteiger partial charge >= 0.3 is 0 Å². The Labute approximate surface area is 208 Å². The number of carbonyl (C=O) groups is 1. The van der Waals surface area contributed by atoms with Gasteiger partial charge in [-0.1, -0.05) is 29.5 Å². The van der Waals surface area contributed by atoms with Crippen LogP contribution < -0.4 is 10.2 Å². The molecule has 2 heterocycles. The Morgan fingerprint density at radius 1 is 1.15 bits per heavy atom. The van der Waals surface area contributed by atoms with Crippen molar-refractivity contribution in [2.75, 3.05) is 12.9 Å². The van der Waals surface area contributed by atoms with Crippen LogP contribution in [0.3, 0.4) is 0 Å². The fraction of sp³-hybridized carbons (Fsp3) is 0.130. The van der Waals surface area contributed by atoms with E-state index in [1.165, 1.54) is 23.1 Å². The molecule has 0 saturated heterocycles. The largest absolute Gasteiger partial charge is 0.497 e. The second-order valence-electron chi connectivity index (χ2n) is 6.93. The smallest absolute Gasteiger partial charge is 0.250 e. The van der Waals surface area contributed by atoms with Gasteiger partial charge < -0.3 is 4.74 Å². The van der Waals surface area contributed by atoms with E-state index in [9.17, 15) is 4.79 Å². The summed E-state index contributed by atoms with van der Waals surface area (Å²) in [5.74, 6) is 1.38. The van der Waals surface area contributed by atoms with Crippen LogP contribution in [0, 0.1) is 6.92 Å². The van der Waals surface area contributed by atoms with Crippen LogP contribution in [0.4, 0.5) is 0 Å². The van der Waals surface area contributed by atoms with E-state index in [4.69, 9.17) is 4.74 Å². The number of halogens is 1. The number of aromatic nitrogens is 3. The molecule has 0 aliphatic heterocycles. The number of carbonyl (C=O) groups excluding carboxylic acids is 1. The van der Waals surface area contributed by atoms with Crippen LogP contribution in [0.2, 0.25) is 0 Å². The summed E-state index contributed by atoms with van der Waals surface area (Å²) in [5.41, 5.74) is 5.53. The third kappa shape index (κ3) is 5.89. The predicted molar refractivity (Wildman–Crippen MR) is 137 cm³/mol.